The van der Waals surface area contributed by atoms with Gasteiger partial charge in [0.2, 0.25) is 28.6 Å². The highest BCUT2D eigenvalue weighted by Crippen LogP contribution is 2.36. The number of hydrogen-bond acceptors (Lipinski definition) is 7. The maximum atomic E-state index is 13.5. The van der Waals surface area contributed by atoms with E-state index >= 15 is 0 Å². The average Bonchev–Trinajstić information content (AvgIpc) is 3.43. The van der Waals surface area contributed by atoms with Crippen LogP contribution in [0.1, 0.15) is 24.7 Å². The van der Waals surface area contributed by atoms with Gasteiger partial charge in [-0.1, -0.05) is 6.07 Å². The van der Waals surface area contributed by atoms with Gasteiger partial charge in [-0.3, -0.25) is 0 Å². The lowest BCUT2D eigenvalue weighted by atomic mass is 10.00. The van der Waals surface area contributed by atoms with E-state index in [0.29, 0.717) is 41.8 Å². The molecule has 0 N–H and O–H groups in total. The standard InChI is InChI=1S/C20H18FN3O5S/c21-15-4-1-5-16(10-15)30(25,26)24-8-2-3-14(11-24)20-23-22-19(29-20)13-6-7-17-18(9-13)28-12-27-17/h1,4-7,9-10,14H,2-3,8,11-12H2. The van der Waals surface area contributed by atoms with E-state index in [0.717, 1.165) is 12.5 Å². The molecule has 5 rings (SSSR count). The minimum atomic E-state index is -3.80. The molecule has 0 radical (unpaired) electrons. The first kappa shape index (κ1) is 19.0. The van der Waals surface area contributed by atoms with Crippen LogP contribution in [0.25, 0.3) is 11.5 Å². The summed E-state index contributed by atoms with van der Waals surface area (Å²) in [6.45, 7) is 0.728. The second-order valence-electron chi connectivity index (χ2n) is 7.17. The molecule has 1 unspecified atom stereocenters. The van der Waals surface area contributed by atoms with Crippen molar-refractivity contribution < 1.29 is 26.7 Å². The first-order chi connectivity index (χ1) is 14.5. The van der Waals surface area contributed by atoms with E-state index < -0.39 is 15.8 Å². The number of nitrogens with zero attached hydrogens (tertiary/aromatic N) is 3. The van der Waals surface area contributed by atoms with Crippen LogP contribution in [-0.2, 0) is 10.0 Å². The van der Waals surface area contributed by atoms with Crippen LogP contribution in [0.5, 0.6) is 11.5 Å². The molecule has 156 valence electrons. The van der Waals surface area contributed by atoms with Crippen LogP contribution in [-0.4, -0.2) is 42.8 Å². The topological polar surface area (TPSA) is 94.8 Å². The summed E-state index contributed by atoms with van der Waals surface area (Å²) in [5.41, 5.74) is 0.693. The van der Waals surface area contributed by atoms with E-state index in [9.17, 15) is 12.8 Å². The molecule has 2 aliphatic rings. The summed E-state index contributed by atoms with van der Waals surface area (Å²) in [6, 6.07) is 10.4. The van der Waals surface area contributed by atoms with Crippen LogP contribution in [0.15, 0.2) is 51.8 Å². The van der Waals surface area contributed by atoms with Gasteiger partial charge in [-0.15, -0.1) is 10.2 Å². The summed E-state index contributed by atoms with van der Waals surface area (Å²) in [5, 5.41) is 8.26. The Morgan fingerprint density at radius 2 is 1.93 bits per heavy atom. The molecule has 8 nitrogen and oxygen atoms in total. The van der Waals surface area contributed by atoms with Crippen LogP contribution >= 0.6 is 0 Å². The number of fused-ring (bicyclic) bond motifs is 1. The fraction of sp³-hybridized carbons (Fsp3) is 0.300. The SMILES string of the molecule is O=S(=O)(c1cccc(F)c1)N1CCCC(c2nnc(-c3ccc4c(c3)OCO4)o2)C1. The summed E-state index contributed by atoms with van der Waals surface area (Å²) < 4.78 is 57.2. The Hall–Kier alpha value is -2.98. The summed E-state index contributed by atoms with van der Waals surface area (Å²) >= 11 is 0. The van der Waals surface area contributed by atoms with E-state index in [4.69, 9.17) is 13.9 Å². The Labute approximate surface area is 172 Å². The Bertz CT molecular complexity index is 1200. The van der Waals surface area contributed by atoms with Gasteiger partial charge in [0.1, 0.15) is 5.82 Å². The lowest BCUT2D eigenvalue weighted by Gasteiger charge is -2.30. The number of ether oxygens (including phenoxy) is 2. The zero-order chi connectivity index (χ0) is 20.7. The van der Waals surface area contributed by atoms with Crippen LogP contribution < -0.4 is 9.47 Å². The van der Waals surface area contributed by atoms with Gasteiger partial charge in [-0.2, -0.15) is 4.31 Å². The molecule has 1 fully saturated rings. The van der Waals surface area contributed by atoms with Gasteiger partial charge in [0.15, 0.2) is 11.5 Å². The molecule has 3 heterocycles. The number of piperidine rings is 1. The average molecular weight is 431 g/mol. The van der Waals surface area contributed by atoms with E-state index in [-0.39, 0.29) is 24.2 Å². The zero-order valence-corrected chi connectivity index (χ0v) is 16.6. The van der Waals surface area contributed by atoms with Crippen LogP contribution in [0.3, 0.4) is 0 Å². The van der Waals surface area contributed by atoms with Crippen molar-refractivity contribution in [3.63, 3.8) is 0 Å². The summed E-state index contributed by atoms with van der Waals surface area (Å²) in [6.07, 6.45) is 1.36. The van der Waals surface area contributed by atoms with Gasteiger partial charge in [0, 0.05) is 18.7 Å². The van der Waals surface area contributed by atoms with Gasteiger partial charge in [0.05, 0.1) is 10.8 Å². The molecule has 0 saturated carbocycles. The third-order valence-electron chi connectivity index (χ3n) is 5.23. The zero-order valence-electron chi connectivity index (χ0n) is 15.8. The van der Waals surface area contributed by atoms with Crippen molar-refractivity contribution in [2.75, 3.05) is 19.9 Å². The van der Waals surface area contributed by atoms with Crippen molar-refractivity contribution in [1.29, 1.82) is 0 Å². The highest BCUT2D eigenvalue weighted by molar-refractivity contribution is 7.89. The van der Waals surface area contributed by atoms with Crippen molar-refractivity contribution in [2.45, 2.75) is 23.7 Å². The van der Waals surface area contributed by atoms with E-state index in [1.807, 2.05) is 0 Å². The molecule has 2 aliphatic heterocycles. The van der Waals surface area contributed by atoms with Crippen LogP contribution in [0.4, 0.5) is 4.39 Å². The third kappa shape index (κ3) is 3.41. The number of sulfonamides is 1. The maximum Gasteiger partial charge on any atom is 0.247 e. The fourth-order valence-electron chi connectivity index (χ4n) is 3.68. The highest BCUT2D eigenvalue weighted by Gasteiger charge is 2.33. The monoisotopic (exact) mass is 431 g/mol. The van der Waals surface area contributed by atoms with E-state index in [2.05, 4.69) is 10.2 Å². The van der Waals surface area contributed by atoms with Crippen molar-refractivity contribution >= 4 is 10.0 Å². The predicted molar refractivity (Wildman–Crippen MR) is 103 cm³/mol. The molecule has 3 aromatic rings. The first-order valence-corrected chi connectivity index (χ1v) is 10.9. The number of hydrogen-bond donors (Lipinski definition) is 0. The number of rotatable bonds is 4. The van der Waals surface area contributed by atoms with Crippen molar-refractivity contribution in [2.24, 2.45) is 0 Å². The summed E-state index contributed by atoms with van der Waals surface area (Å²) in [4.78, 5) is -0.0604. The summed E-state index contributed by atoms with van der Waals surface area (Å²) in [5.74, 6) is 1.14. The van der Waals surface area contributed by atoms with Crippen molar-refractivity contribution in [1.82, 2.24) is 14.5 Å². The van der Waals surface area contributed by atoms with E-state index in [1.54, 1.807) is 18.2 Å². The lowest BCUT2D eigenvalue weighted by Crippen LogP contribution is -2.39. The van der Waals surface area contributed by atoms with Gasteiger partial charge in [-0.05, 0) is 49.2 Å². The second-order valence-corrected chi connectivity index (χ2v) is 9.11. The molecule has 1 saturated heterocycles. The quantitative estimate of drug-likeness (QED) is 0.626. The second kappa shape index (κ2) is 7.37. The molecule has 1 atom stereocenters. The molecule has 2 aromatic carbocycles. The lowest BCUT2D eigenvalue weighted by molar-refractivity contribution is 0.174. The number of benzene rings is 2. The molecule has 30 heavy (non-hydrogen) atoms. The fourth-order valence-corrected chi connectivity index (χ4v) is 5.24. The smallest absolute Gasteiger partial charge is 0.247 e. The maximum absolute atomic E-state index is 13.5. The largest absolute Gasteiger partial charge is 0.454 e. The third-order valence-corrected chi connectivity index (χ3v) is 7.09. The molecule has 0 aliphatic carbocycles. The van der Waals surface area contributed by atoms with E-state index in [1.165, 1.54) is 22.5 Å². The minimum Gasteiger partial charge on any atom is -0.454 e. The Kier molecular flexibility index (Phi) is 4.67. The van der Waals surface area contributed by atoms with Crippen molar-refractivity contribution in [3.8, 4) is 23.0 Å². The molecule has 1 aromatic heterocycles. The highest BCUT2D eigenvalue weighted by atomic mass is 32.2. The molecule has 0 amide bonds. The number of aromatic nitrogens is 2. The Morgan fingerprint density at radius 3 is 2.80 bits per heavy atom. The van der Waals surface area contributed by atoms with Gasteiger partial charge < -0.3 is 13.9 Å². The molecule has 0 bridgehead atoms. The normalized spacial score (nSPS) is 19.2. The molecular weight excluding hydrogens is 413 g/mol. The Balaban J connectivity index is 1.37. The van der Waals surface area contributed by atoms with Crippen LogP contribution in [0, 0.1) is 5.82 Å². The molecule has 0 spiro atoms. The first-order valence-electron chi connectivity index (χ1n) is 9.50. The van der Waals surface area contributed by atoms with Gasteiger partial charge in [-0.25, -0.2) is 12.8 Å². The van der Waals surface area contributed by atoms with Gasteiger partial charge >= 0.3 is 0 Å². The number of halogens is 1. The minimum absolute atomic E-state index is 0.0604. The van der Waals surface area contributed by atoms with Crippen LogP contribution in [0.2, 0.25) is 0 Å². The van der Waals surface area contributed by atoms with Crippen molar-refractivity contribution in [3.05, 3.63) is 54.2 Å². The Morgan fingerprint density at radius 1 is 1.07 bits per heavy atom. The molecule has 10 heteroatoms. The van der Waals surface area contributed by atoms with Gasteiger partial charge in [0.25, 0.3) is 0 Å². The predicted octanol–water partition coefficient (Wildman–Crippen LogP) is 3.17. The molecular formula is C20H18FN3O5S. The summed E-state index contributed by atoms with van der Waals surface area (Å²) in [7, 11) is -3.80.